The smallest absolute Gasteiger partial charge is 0.349 e. The summed E-state index contributed by atoms with van der Waals surface area (Å²) in [5, 5.41) is 10.8. The van der Waals surface area contributed by atoms with Crippen molar-refractivity contribution in [2.75, 3.05) is 12.3 Å². The van der Waals surface area contributed by atoms with Crippen LogP contribution in [0.15, 0.2) is 30.7 Å². The van der Waals surface area contributed by atoms with Gasteiger partial charge >= 0.3 is 5.69 Å². The SMILES string of the molecule is Nc1ncc([N+](=O)[O-])c(OCCCc2ccncc2)n1. The number of anilines is 1. The lowest BCUT2D eigenvalue weighted by Gasteiger charge is -2.06. The Morgan fingerprint density at radius 2 is 2.10 bits per heavy atom. The summed E-state index contributed by atoms with van der Waals surface area (Å²) in [4.78, 5) is 21.4. The van der Waals surface area contributed by atoms with Gasteiger partial charge in [-0.1, -0.05) is 0 Å². The number of hydrogen-bond acceptors (Lipinski definition) is 7. The number of nitro groups is 1. The van der Waals surface area contributed by atoms with Gasteiger partial charge in [-0.15, -0.1) is 0 Å². The molecule has 0 saturated heterocycles. The van der Waals surface area contributed by atoms with Crippen LogP contribution >= 0.6 is 0 Å². The zero-order valence-electron chi connectivity index (χ0n) is 10.6. The molecule has 20 heavy (non-hydrogen) atoms. The molecule has 0 spiro atoms. The zero-order valence-corrected chi connectivity index (χ0v) is 10.6. The minimum Gasteiger partial charge on any atom is -0.473 e. The molecule has 0 aliphatic heterocycles. The molecule has 0 aromatic carbocycles. The van der Waals surface area contributed by atoms with Crippen LogP contribution in [0.1, 0.15) is 12.0 Å². The summed E-state index contributed by atoms with van der Waals surface area (Å²) in [6, 6.07) is 3.82. The van der Waals surface area contributed by atoms with E-state index < -0.39 is 4.92 Å². The molecular formula is C12H13N5O3. The molecule has 2 heterocycles. The van der Waals surface area contributed by atoms with E-state index in [0.29, 0.717) is 13.0 Å². The molecule has 2 N–H and O–H groups in total. The van der Waals surface area contributed by atoms with Gasteiger partial charge in [0.15, 0.2) is 0 Å². The van der Waals surface area contributed by atoms with Crippen molar-refractivity contribution in [3.05, 3.63) is 46.4 Å². The molecule has 0 fully saturated rings. The lowest BCUT2D eigenvalue weighted by atomic mass is 10.1. The molecular weight excluding hydrogens is 262 g/mol. The molecule has 0 unspecified atom stereocenters. The Morgan fingerprint density at radius 1 is 1.35 bits per heavy atom. The molecule has 0 saturated carbocycles. The Hall–Kier alpha value is -2.77. The zero-order chi connectivity index (χ0) is 14.4. The highest BCUT2D eigenvalue weighted by molar-refractivity contribution is 5.41. The second-order valence-electron chi connectivity index (χ2n) is 3.98. The molecule has 0 aliphatic carbocycles. The predicted octanol–water partition coefficient (Wildman–Crippen LogP) is 1.37. The Kier molecular flexibility index (Phi) is 4.38. The maximum Gasteiger partial charge on any atom is 0.349 e. The van der Waals surface area contributed by atoms with Crippen molar-refractivity contribution in [2.45, 2.75) is 12.8 Å². The predicted molar refractivity (Wildman–Crippen MR) is 71.2 cm³/mol. The summed E-state index contributed by atoms with van der Waals surface area (Å²) < 4.78 is 5.31. The number of aryl methyl sites for hydroxylation is 1. The number of nitrogens with zero attached hydrogens (tertiary/aromatic N) is 4. The standard InChI is InChI=1S/C12H13N5O3/c13-12-15-8-10(17(18)19)11(16-12)20-7-1-2-9-3-5-14-6-4-9/h3-6,8H,1-2,7H2,(H2,13,15,16). The number of hydrogen-bond donors (Lipinski definition) is 1. The molecule has 2 rings (SSSR count). The second-order valence-corrected chi connectivity index (χ2v) is 3.98. The first kappa shape index (κ1) is 13.7. The molecule has 2 aromatic heterocycles. The first-order valence-corrected chi connectivity index (χ1v) is 5.95. The highest BCUT2D eigenvalue weighted by atomic mass is 16.6. The molecule has 2 aromatic rings. The molecule has 0 atom stereocenters. The molecule has 0 radical (unpaired) electrons. The highest BCUT2D eigenvalue weighted by Gasteiger charge is 2.17. The molecule has 104 valence electrons. The van der Waals surface area contributed by atoms with Crippen LogP contribution in [0, 0.1) is 10.1 Å². The third-order valence-corrected chi connectivity index (χ3v) is 2.55. The first-order chi connectivity index (χ1) is 9.66. The van der Waals surface area contributed by atoms with Crippen LogP contribution in [0.25, 0.3) is 0 Å². The largest absolute Gasteiger partial charge is 0.473 e. The number of nitrogen functional groups attached to an aromatic ring is 1. The topological polar surface area (TPSA) is 117 Å². The van der Waals surface area contributed by atoms with E-state index >= 15 is 0 Å². The average Bonchev–Trinajstić information content (AvgIpc) is 2.44. The summed E-state index contributed by atoms with van der Waals surface area (Å²) in [6.07, 6.45) is 5.96. The van der Waals surface area contributed by atoms with Gasteiger partial charge in [0.2, 0.25) is 5.95 Å². The maximum atomic E-state index is 10.8. The van der Waals surface area contributed by atoms with E-state index in [-0.39, 0.29) is 17.5 Å². The van der Waals surface area contributed by atoms with E-state index in [2.05, 4.69) is 15.0 Å². The minimum absolute atomic E-state index is 0.0558. The molecule has 8 heteroatoms. The fraction of sp³-hybridized carbons (Fsp3) is 0.250. The second kappa shape index (κ2) is 6.41. The number of ether oxygens (including phenoxy) is 1. The number of aromatic nitrogens is 3. The Labute approximate surface area is 114 Å². The maximum absolute atomic E-state index is 10.8. The van der Waals surface area contributed by atoms with Crippen molar-refractivity contribution in [1.82, 2.24) is 15.0 Å². The lowest BCUT2D eigenvalue weighted by molar-refractivity contribution is -0.386. The lowest BCUT2D eigenvalue weighted by Crippen LogP contribution is -2.06. The van der Waals surface area contributed by atoms with Crippen LogP contribution in [0.2, 0.25) is 0 Å². The molecule has 0 bridgehead atoms. The normalized spacial score (nSPS) is 10.2. The van der Waals surface area contributed by atoms with Gasteiger partial charge in [0.05, 0.1) is 11.5 Å². The Bertz CT molecular complexity index is 591. The number of pyridine rings is 1. The van der Waals surface area contributed by atoms with Gasteiger partial charge in [-0.3, -0.25) is 15.1 Å². The van der Waals surface area contributed by atoms with E-state index in [4.69, 9.17) is 10.5 Å². The molecule has 8 nitrogen and oxygen atoms in total. The Morgan fingerprint density at radius 3 is 2.80 bits per heavy atom. The van der Waals surface area contributed by atoms with Gasteiger partial charge < -0.3 is 10.5 Å². The summed E-state index contributed by atoms with van der Waals surface area (Å²) in [7, 11) is 0. The van der Waals surface area contributed by atoms with Gasteiger partial charge in [-0.2, -0.15) is 4.98 Å². The van der Waals surface area contributed by atoms with Crippen LogP contribution in [-0.4, -0.2) is 26.5 Å². The summed E-state index contributed by atoms with van der Waals surface area (Å²) in [5.41, 5.74) is 6.23. The van der Waals surface area contributed by atoms with Crippen molar-refractivity contribution in [1.29, 1.82) is 0 Å². The van der Waals surface area contributed by atoms with Crippen molar-refractivity contribution in [2.24, 2.45) is 0 Å². The van der Waals surface area contributed by atoms with Crippen LogP contribution in [0.5, 0.6) is 5.88 Å². The quantitative estimate of drug-likeness (QED) is 0.480. The van der Waals surface area contributed by atoms with Crippen LogP contribution in [0.4, 0.5) is 11.6 Å². The van der Waals surface area contributed by atoms with Crippen molar-refractivity contribution < 1.29 is 9.66 Å². The van der Waals surface area contributed by atoms with E-state index in [1.807, 2.05) is 12.1 Å². The van der Waals surface area contributed by atoms with Crippen molar-refractivity contribution in [3.63, 3.8) is 0 Å². The van der Waals surface area contributed by atoms with Crippen LogP contribution in [-0.2, 0) is 6.42 Å². The van der Waals surface area contributed by atoms with E-state index in [0.717, 1.165) is 18.2 Å². The fourth-order valence-electron chi connectivity index (χ4n) is 1.60. The average molecular weight is 275 g/mol. The van der Waals surface area contributed by atoms with Crippen molar-refractivity contribution >= 4 is 11.6 Å². The van der Waals surface area contributed by atoms with E-state index in [1.165, 1.54) is 0 Å². The van der Waals surface area contributed by atoms with Gasteiger partial charge in [-0.25, -0.2) is 4.98 Å². The van der Waals surface area contributed by atoms with Crippen LogP contribution in [0.3, 0.4) is 0 Å². The number of nitrogens with two attached hydrogens (primary N) is 1. The minimum atomic E-state index is -0.600. The third kappa shape index (κ3) is 3.61. The summed E-state index contributed by atoms with van der Waals surface area (Å²) >= 11 is 0. The number of rotatable bonds is 6. The molecule has 0 amide bonds. The third-order valence-electron chi connectivity index (χ3n) is 2.55. The highest BCUT2D eigenvalue weighted by Crippen LogP contribution is 2.23. The van der Waals surface area contributed by atoms with Gasteiger partial charge in [0.1, 0.15) is 6.20 Å². The van der Waals surface area contributed by atoms with E-state index in [9.17, 15) is 10.1 Å². The van der Waals surface area contributed by atoms with Crippen molar-refractivity contribution in [3.8, 4) is 5.88 Å². The van der Waals surface area contributed by atoms with Gasteiger partial charge in [0, 0.05) is 12.4 Å². The Balaban J connectivity index is 1.91. The van der Waals surface area contributed by atoms with Gasteiger partial charge in [0.25, 0.3) is 5.88 Å². The first-order valence-electron chi connectivity index (χ1n) is 5.95. The van der Waals surface area contributed by atoms with Crippen LogP contribution < -0.4 is 10.5 Å². The molecule has 0 aliphatic rings. The summed E-state index contributed by atoms with van der Waals surface area (Å²) in [5.74, 6) is -0.156. The van der Waals surface area contributed by atoms with Gasteiger partial charge in [-0.05, 0) is 30.5 Å². The summed E-state index contributed by atoms with van der Waals surface area (Å²) in [6.45, 7) is 0.305. The fourth-order valence-corrected chi connectivity index (χ4v) is 1.60. The van der Waals surface area contributed by atoms with E-state index in [1.54, 1.807) is 12.4 Å². The monoisotopic (exact) mass is 275 g/mol.